The molecule has 0 atom stereocenters. The molecule has 4 heavy (non-hydrogen) atoms. The molecular formula is H4AlCuMgRe. The standard InChI is InChI=1S/Al.Cu.Mg.Re.4H/q;;+2;;;;2*-1. The monoisotopic (exact) mass is 305 g/mol. The number of hydrogen-bond donors (Lipinski definition) is 0. The summed E-state index contributed by atoms with van der Waals surface area (Å²) in [6.07, 6.45) is 0. The molecule has 27 valence electrons. The molecule has 0 spiro atoms. The third-order valence-corrected chi connectivity index (χ3v) is 0. The summed E-state index contributed by atoms with van der Waals surface area (Å²) in [5.41, 5.74) is 0. The Morgan fingerprint density at radius 2 is 1.25 bits per heavy atom. The summed E-state index contributed by atoms with van der Waals surface area (Å²) in [5.74, 6) is 0. The van der Waals surface area contributed by atoms with Crippen LogP contribution in [0.3, 0.4) is 0 Å². The molecular weight excluding hydrogens is 301 g/mol. The molecule has 0 aliphatic heterocycles. The summed E-state index contributed by atoms with van der Waals surface area (Å²) in [5, 5.41) is 0. The van der Waals surface area contributed by atoms with Gasteiger partial charge in [-0.1, -0.05) is 0 Å². The van der Waals surface area contributed by atoms with Gasteiger partial charge in [-0.3, -0.25) is 0 Å². The minimum absolute atomic E-state index is 0. The van der Waals surface area contributed by atoms with Crippen LogP contribution < -0.4 is 0 Å². The summed E-state index contributed by atoms with van der Waals surface area (Å²) in [4.78, 5) is 0. The second-order valence-electron chi connectivity index (χ2n) is 0. The van der Waals surface area contributed by atoms with E-state index in [1.165, 1.54) is 0 Å². The van der Waals surface area contributed by atoms with Gasteiger partial charge in [0, 0.05) is 37.5 Å². The minimum atomic E-state index is 0. The molecule has 3 radical (unpaired) electrons. The average Bonchev–Trinajstić information content (AvgIpc) is 0. The van der Waals surface area contributed by atoms with E-state index < -0.39 is 0 Å². The van der Waals surface area contributed by atoms with E-state index >= 15 is 0 Å². The molecule has 0 bridgehead atoms. The van der Waals surface area contributed by atoms with Gasteiger partial charge >= 0.3 is 23.1 Å². The second kappa shape index (κ2) is 17.9. The third-order valence-electron chi connectivity index (χ3n) is 0. The zero-order valence-electron chi connectivity index (χ0n) is 4.39. The van der Waals surface area contributed by atoms with E-state index in [-0.39, 0.29) is 80.8 Å². The molecule has 0 aromatic rings. The fraction of sp³-hybridized carbons (Fsp3) is 0. The van der Waals surface area contributed by atoms with Gasteiger partial charge in [0.1, 0.15) is 17.4 Å². The Kier molecular flexibility index (Phi) is 141. The maximum atomic E-state index is 0. The van der Waals surface area contributed by atoms with Crippen LogP contribution in [0.4, 0.5) is 0 Å². The van der Waals surface area contributed by atoms with E-state index in [1.807, 2.05) is 0 Å². The average molecular weight is 305 g/mol. The van der Waals surface area contributed by atoms with Gasteiger partial charge in [-0.2, -0.15) is 0 Å². The van der Waals surface area contributed by atoms with Gasteiger partial charge in [0.25, 0.3) is 0 Å². The fourth-order valence-electron chi connectivity index (χ4n) is 0. The van der Waals surface area contributed by atoms with Crippen molar-refractivity contribution in [2.45, 2.75) is 0 Å². The van der Waals surface area contributed by atoms with Crippen LogP contribution in [-0.4, -0.2) is 40.4 Å². The Morgan fingerprint density at radius 1 is 1.25 bits per heavy atom. The van der Waals surface area contributed by atoms with E-state index in [0.717, 1.165) is 0 Å². The molecule has 0 aliphatic carbocycles. The van der Waals surface area contributed by atoms with Crippen molar-refractivity contribution < 1.29 is 40.3 Å². The molecule has 0 aliphatic rings. The van der Waals surface area contributed by atoms with Crippen molar-refractivity contribution in [2.75, 3.05) is 0 Å². The second-order valence-corrected chi connectivity index (χ2v) is 0. The summed E-state index contributed by atoms with van der Waals surface area (Å²) in [6.45, 7) is 0. The molecule has 4 heteroatoms. The quantitative estimate of drug-likeness (QED) is 0.500. The van der Waals surface area contributed by atoms with Crippen LogP contribution in [0.2, 0.25) is 0 Å². The maximum Gasteiger partial charge on any atom is 2.00 e. The Labute approximate surface area is 79.9 Å². The first-order valence-electron chi connectivity index (χ1n) is 0. The van der Waals surface area contributed by atoms with Crippen LogP contribution in [0.25, 0.3) is 0 Å². The third kappa shape index (κ3) is 8.82. The van der Waals surface area contributed by atoms with Gasteiger partial charge < -0.3 is 2.85 Å². The molecule has 0 amide bonds. The first-order valence-corrected chi connectivity index (χ1v) is 0. The largest absolute Gasteiger partial charge is 2.00 e. The van der Waals surface area contributed by atoms with E-state index in [9.17, 15) is 0 Å². The van der Waals surface area contributed by atoms with Crippen LogP contribution in [0.15, 0.2) is 0 Å². The molecule has 0 saturated heterocycles. The molecule has 0 aromatic heterocycles. The Morgan fingerprint density at radius 3 is 1.25 bits per heavy atom. The zero-order chi connectivity index (χ0) is 0. The van der Waals surface area contributed by atoms with Gasteiger partial charge in [-0.15, -0.1) is 0 Å². The van der Waals surface area contributed by atoms with Gasteiger partial charge in [0.2, 0.25) is 0 Å². The predicted molar refractivity (Wildman–Crippen MR) is 16.5 cm³/mol. The summed E-state index contributed by atoms with van der Waals surface area (Å²) in [6, 6.07) is 0. The van der Waals surface area contributed by atoms with E-state index in [2.05, 4.69) is 0 Å². The molecule has 0 unspecified atom stereocenters. The van der Waals surface area contributed by atoms with Crippen molar-refractivity contribution in [3.63, 3.8) is 0 Å². The summed E-state index contributed by atoms with van der Waals surface area (Å²) < 4.78 is 0. The normalized spacial score (nSPS) is 0. The maximum absolute atomic E-state index is 0. The zero-order valence-corrected chi connectivity index (χ0v) is 9.46. The number of rotatable bonds is 0. The Bertz CT molecular complexity index is 13.5. The van der Waals surface area contributed by atoms with E-state index in [1.54, 1.807) is 0 Å². The van der Waals surface area contributed by atoms with Crippen LogP contribution in [-0.2, 0) is 37.5 Å². The van der Waals surface area contributed by atoms with Crippen molar-refractivity contribution >= 4 is 40.4 Å². The topological polar surface area (TPSA) is 0 Å². The molecule has 0 fully saturated rings. The molecule has 0 saturated carbocycles. The fourth-order valence-corrected chi connectivity index (χ4v) is 0. The first-order chi connectivity index (χ1) is 0. The smallest absolute Gasteiger partial charge is 1.00 e. The predicted octanol–water partition coefficient (Wildman–Crippen LogP) is -1.08. The summed E-state index contributed by atoms with van der Waals surface area (Å²) in [7, 11) is 0. The first kappa shape index (κ1) is 31.6. The van der Waals surface area contributed by atoms with Crippen molar-refractivity contribution in [1.82, 2.24) is 0 Å². The SMILES string of the molecule is [AlH2].[Cu].[H-].[H-].[Mg+2].[Re]. The van der Waals surface area contributed by atoms with E-state index in [0.29, 0.717) is 0 Å². The van der Waals surface area contributed by atoms with Gasteiger partial charge in [-0.25, -0.2) is 0 Å². The van der Waals surface area contributed by atoms with Crippen LogP contribution in [0, 0.1) is 0 Å². The van der Waals surface area contributed by atoms with Crippen LogP contribution in [0.1, 0.15) is 2.85 Å². The summed E-state index contributed by atoms with van der Waals surface area (Å²) >= 11 is 0. The van der Waals surface area contributed by atoms with Gasteiger partial charge in [0.15, 0.2) is 0 Å². The van der Waals surface area contributed by atoms with Crippen molar-refractivity contribution in [1.29, 1.82) is 0 Å². The molecule has 0 rings (SSSR count). The van der Waals surface area contributed by atoms with Crippen molar-refractivity contribution in [3.8, 4) is 0 Å². The Hall–Kier alpha value is 2.48. The van der Waals surface area contributed by atoms with E-state index in [4.69, 9.17) is 0 Å². The molecule has 0 N–H and O–H groups in total. The van der Waals surface area contributed by atoms with Gasteiger partial charge in [0.05, 0.1) is 0 Å². The van der Waals surface area contributed by atoms with Crippen molar-refractivity contribution in [3.05, 3.63) is 0 Å². The Balaban J connectivity index is 0. The molecule has 0 heterocycles. The van der Waals surface area contributed by atoms with Crippen LogP contribution in [0.5, 0.6) is 0 Å². The van der Waals surface area contributed by atoms with Crippen molar-refractivity contribution in [2.24, 2.45) is 0 Å². The molecule has 0 aromatic carbocycles. The molecule has 0 nitrogen and oxygen atoms in total. The number of hydrogen-bond acceptors (Lipinski definition) is 0. The van der Waals surface area contributed by atoms with Crippen LogP contribution >= 0.6 is 0 Å². The minimum Gasteiger partial charge on any atom is -1.00 e. The van der Waals surface area contributed by atoms with Gasteiger partial charge in [-0.05, 0) is 0 Å².